The Balaban J connectivity index is 2.46. The standard InChI is InChI=1S/C11H17NO2S/c1-9(11-5-4-6-15-11)12(2)7-10(13)8-14-3/h4-6,9H,7-8H2,1-3H3. The zero-order valence-corrected chi connectivity index (χ0v) is 10.2. The third-order valence-electron chi connectivity index (χ3n) is 2.35. The Kier molecular flexibility index (Phi) is 4.94. The van der Waals surface area contributed by atoms with Crippen LogP contribution in [-0.4, -0.2) is 38.0 Å². The van der Waals surface area contributed by atoms with Crippen LogP contribution in [0.15, 0.2) is 17.5 Å². The topological polar surface area (TPSA) is 29.5 Å². The minimum Gasteiger partial charge on any atom is -0.377 e. The minimum atomic E-state index is 0.114. The van der Waals surface area contributed by atoms with Crippen LogP contribution in [0.2, 0.25) is 0 Å². The van der Waals surface area contributed by atoms with E-state index in [9.17, 15) is 4.79 Å². The van der Waals surface area contributed by atoms with Gasteiger partial charge in [0.2, 0.25) is 0 Å². The Morgan fingerprint density at radius 3 is 2.93 bits per heavy atom. The SMILES string of the molecule is COCC(=O)CN(C)C(C)c1cccs1. The monoisotopic (exact) mass is 227 g/mol. The summed E-state index contributed by atoms with van der Waals surface area (Å²) in [5, 5.41) is 2.05. The van der Waals surface area contributed by atoms with Gasteiger partial charge in [0.1, 0.15) is 6.61 Å². The van der Waals surface area contributed by atoms with Crippen molar-refractivity contribution in [1.29, 1.82) is 0 Å². The molecule has 1 aromatic heterocycles. The Morgan fingerprint density at radius 2 is 2.40 bits per heavy atom. The number of rotatable bonds is 6. The van der Waals surface area contributed by atoms with Crippen LogP contribution in [0.3, 0.4) is 0 Å². The average Bonchev–Trinajstić information content (AvgIpc) is 2.69. The van der Waals surface area contributed by atoms with E-state index >= 15 is 0 Å². The lowest BCUT2D eigenvalue weighted by atomic mass is 10.2. The Bertz CT molecular complexity index is 298. The number of hydrogen-bond donors (Lipinski definition) is 0. The van der Waals surface area contributed by atoms with E-state index in [0.29, 0.717) is 6.54 Å². The molecule has 0 aliphatic heterocycles. The van der Waals surface area contributed by atoms with Crippen molar-refractivity contribution in [3.05, 3.63) is 22.4 Å². The van der Waals surface area contributed by atoms with Crippen LogP contribution in [0.1, 0.15) is 17.8 Å². The molecule has 0 saturated carbocycles. The second-order valence-electron chi connectivity index (χ2n) is 3.58. The summed E-state index contributed by atoms with van der Waals surface area (Å²) >= 11 is 1.72. The molecule has 4 heteroatoms. The number of ketones is 1. The van der Waals surface area contributed by atoms with Crippen molar-refractivity contribution in [2.24, 2.45) is 0 Å². The van der Waals surface area contributed by atoms with E-state index < -0.39 is 0 Å². The summed E-state index contributed by atoms with van der Waals surface area (Å²) in [7, 11) is 3.50. The first kappa shape index (κ1) is 12.4. The number of methoxy groups -OCH3 is 1. The molecule has 0 radical (unpaired) electrons. The summed E-state index contributed by atoms with van der Waals surface area (Å²) < 4.78 is 4.80. The lowest BCUT2D eigenvalue weighted by molar-refractivity contribution is -0.123. The molecular weight excluding hydrogens is 210 g/mol. The van der Waals surface area contributed by atoms with Crippen LogP contribution >= 0.6 is 11.3 Å². The summed E-state index contributed by atoms with van der Waals surface area (Å²) in [4.78, 5) is 14.7. The molecule has 0 aliphatic carbocycles. The molecule has 1 heterocycles. The Morgan fingerprint density at radius 1 is 1.67 bits per heavy atom. The molecule has 3 nitrogen and oxygen atoms in total. The average molecular weight is 227 g/mol. The molecule has 1 unspecified atom stereocenters. The zero-order chi connectivity index (χ0) is 11.3. The minimum absolute atomic E-state index is 0.114. The highest BCUT2D eigenvalue weighted by Crippen LogP contribution is 2.22. The molecule has 0 aromatic carbocycles. The maximum Gasteiger partial charge on any atom is 0.172 e. The van der Waals surface area contributed by atoms with E-state index in [1.165, 1.54) is 4.88 Å². The Hall–Kier alpha value is -0.710. The molecule has 1 aromatic rings. The second kappa shape index (κ2) is 6.00. The van der Waals surface area contributed by atoms with Gasteiger partial charge in [0, 0.05) is 18.0 Å². The van der Waals surface area contributed by atoms with Gasteiger partial charge in [-0.15, -0.1) is 11.3 Å². The van der Waals surface area contributed by atoms with Gasteiger partial charge in [0.25, 0.3) is 0 Å². The van der Waals surface area contributed by atoms with Crippen molar-refractivity contribution < 1.29 is 9.53 Å². The van der Waals surface area contributed by atoms with Gasteiger partial charge in [-0.05, 0) is 25.4 Å². The largest absolute Gasteiger partial charge is 0.377 e. The van der Waals surface area contributed by atoms with Crippen molar-refractivity contribution in [2.75, 3.05) is 27.3 Å². The maximum absolute atomic E-state index is 11.4. The van der Waals surface area contributed by atoms with E-state index in [0.717, 1.165) is 0 Å². The van der Waals surface area contributed by atoms with E-state index in [1.807, 2.05) is 18.0 Å². The van der Waals surface area contributed by atoms with Crippen LogP contribution in [0.5, 0.6) is 0 Å². The first-order valence-electron chi connectivity index (χ1n) is 4.89. The van der Waals surface area contributed by atoms with Crippen LogP contribution in [0.25, 0.3) is 0 Å². The van der Waals surface area contributed by atoms with Gasteiger partial charge in [-0.1, -0.05) is 6.07 Å². The Labute approximate surface area is 94.7 Å². The van der Waals surface area contributed by atoms with Gasteiger partial charge in [-0.3, -0.25) is 9.69 Å². The van der Waals surface area contributed by atoms with Crippen molar-refractivity contribution in [1.82, 2.24) is 4.90 Å². The summed E-state index contributed by atoms with van der Waals surface area (Å²) in [5.41, 5.74) is 0. The van der Waals surface area contributed by atoms with E-state index in [4.69, 9.17) is 4.74 Å². The summed E-state index contributed by atoms with van der Waals surface area (Å²) in [6, 6.07) is 4.40. The number of hydrogen-bond acceptors (Lipinski definition) is 4. The van der Waals surface area contributed by atoms with E-state index in [2.05, 4.69) is 18.4 Å². The van der Waals surface area contributed by atoms with Crippen LogP contribution in [0.4, 0.5) is 0 Å². The van der Waals surface area contributed by atoms with Gasteiger partial charge >= 0.3 is 0 Å². The molecule has 15 heavy (non-hydrogen) atoms. The molecule has 0 saturated heterocycles. The van der Waals surface area contributed by atoms with Gasteiger partial charge in [-0.2, -0.15) is 0 Å². The number of ether oxygens (including phenoxy) is 1. The highest BCUT2D eigenvalue weighted by atomic mass is 32.1. The molecule has 84 valence electrons. The molecular formula is C11H17NO2S. The molecule has 0 bridgehead atoms. The molecule has 0 spiro atoms. The highest BCUT2D eigenvalue weighted by molar-refractivity contribution is 7.10. The normalized spacial score (nSPS) is 13.1. The predicted molar refractivity (Wildman–Crippen MR) is 62.2 cm³/mol. The summed E-state index contributed by atoms with van der Waals surface area (Å²) in [6.45, 7) is 2.74. The van der Waals surface area contributed by atoms with Crippen LogP contribution in [-0.2, 0) is 9.53 Å². The van der Waals surface area contributed by atoms with Crippen LogP contribution < -0.4 is 0 Å². The summed E-state index contributed by atoms with van der Waals surface area (Å²) in [5.74, 6) is 0.114. The van der Waals surface area contributed by atoms with Gasteiger partial charge in [0.15, 0.2) is 5.78 Å². The quantitative estimate of drug-likeness (QED) is 0.744. The number of carbonyl (C=O) groups is 1. The third kappa shape index (κ3) is 3.74. The molecule has 0 aliphatic rings. The lowest BCUT2D eigenvalue weighted by Gasteiger charge is -2.22. The van der Waals surface area contributed by atoms with Crippen molar-refractivity contribution >= 4 is 17.1 Å². The third-order valence-corrected chi connectivity index (χ3v) is 3.39. The zero-order valence-electron chi connectivity index (χ0n) is 9.40. The predicted octanol–water partition coefficient (Wildman–Crippen LogP) is 1.96. The van der Waals surface area contributed by atoms with Crippen molar-refractivity contribution in [3.8, 4) is 0 Å². The van der Waals surface area contributed by atoms with Crippen LogP contribution in [0, 0.1) is 0 Å². The number of likely N-dealkylation sites (N-methyl/N-ethyl adjacent to an activating group) is 1. The molecule has 1 atom stereocenters. The van der Waals surface area contributed by atoms with E-state index in [1.54, 1.807) is 18.4 Å². The fraction of sp³-hybridized carbons (Fsp3) is 0.545. The fourth-order valence-electron chi connectivity index (χ4n) is 1.37. The number of Topliss-reactive ketones (excluding diaryl/α,β-unsaturated/α-hetero) is 1. The van der Waals surface area contributed by atoms with Gasteiger partial charge in [-0.25, -0.2) is 0 Å². The summed E-state index contributed by atoms with van der Waals surface area (Å²) in [6.07, 6.45) is 0. The van der Waals surface area contributed by atoms with Gasteiger partial charge < -0.3 is 4.74 Å². The fourth-order valence-corrected chi connectivity index (χ4v) is 2.22. The number of carbonyl (C=O) groups excluding carboxylic acids is 1. The van der Waals surface area contributed by atoms with Crippen molar-refractivity contribution in [2.45, 2.75) is 13.0 Å². The highest BCUT2D eigenvalue weighted by Gasteiger charge is 2.15. The first-order chi connectivity index (χ1) is 7.15. The molecule has 0 fully saturated rings. The maximum atomic E-state index is 11.4. The molecule has 1 rings (SSSR count). The molecule has 0 N–H and O–H groups in total. The molecule has 0 amide bonds. The second-order valence-corrected chi connectivity index (χ2v) is 4.56. The van der Waals surface area contributed by atoms with Crippen molar-refractivity contribution in [3.63, 3.8) is 0 Å². The smallest absolute Gasteiger partial charge is 0.172 e. The number of thiophene rings is 1. The van der Waals surface area contributed by atoms with E-state index in [-0.39, 0.29) is 18.4 Å². The van der Waals surface area contributed by atoms with Gasteiger partial charge in [0.05, 0.1) is 6.54 Å². The lowest BCUT2D eigenvalue weighted by Crippen LogP contribution is -2.30. The first-order valence-corrected chi connectivity index (χ1v) is 5.77. The number of nitrogens with zero attached hydrogens (tertiary/aromatic N) is 1.